The molecule has 2 atom stereocenters. The Balaban J connectivity index is 1.25. The van der Waals surface area contributed by atoms with Crippen molar-refractivity contribution in [3.63, 3.8) is 0 Å². The smallest absolute Gasteiger partial charge is 0.0373 e. The van der Waals surface area contributed by atoms with E-state index in [1.54, 1.807) is 11.1 Å². The lowest BCUT2D eigenvalue weighted by Gasteiger charge is -2.43. The van der Waals surface area contributed by atoms with E-state index in [1.165, 1.54) is 58.4 Å². The maximum absolute atomic E-state index is 3.49. The fraction of sp³-hybridized carbons (Fsp3) is 0.317. The first-order valence-corrected chi connectivity index (χ1v) is 15.9. The van der Waals surface area contributed by atoms with E-state index in [9.17, 15) is 0 Å². The van der Waals surface area contributed by atoms with Gasteiger partial charge in [0.25, 0.3) is 0 Å². The maximum atomic E-state index is 3.49. The first-order valence-electron chi connectivity index (χ1n) is 15.9. The van der Waals surface area contributed by atoms with E-state index in [0.29, 0.717) is 5.92 Å². The molecule has 0 spiro atoms. The van der Waals surface area contributed by atoms with Crippen molar-refractivity contribution < 1.29 is 0 Å². The molecule has 0 aromatic heterocycles. The number of likely N-dealkylation sites (N-methyl/N-ethyl adjacent to an activating group) is 1. The Morgan fingerprint density at radius 1 is 0.905 bits per heavy atom. The molecule has 6 rings (SSSR count). The van der Waals surface area contributed by atoms with E-state index in [2.05, 4.69) is 134 Å². The average Bonchev–Trinajstić information content (AvgIpc) is 3.31. The maximum Gasteiger partial charge on any atom is 0.0373 e. The van der Waals surface area contributed by atoms with Crippen molar-refractivity contribution in [1.82, 2.24) is 5.32 Å². The van der Waals surface area contributed by atoms with Crippen LogP contribution >= 0.6 is 0 Å². The number of allylic oxidation sites excluding steroid dienone is 9. The predicted molar refractivity (Wildman–Crippen MR) is 180 cm³/mol. The first kappa shape index (κ1) is 28.3. The summed E-state index contributed by atoms with van der Waals surface area (Å²) in [6.45, 7) is 4.89. The third-order valence-electron chi connectivity index (χ3n) is 9.58. The van der Waals surface area contributed by atoms with E-state index in [0.717, 1.165) is 31.6 Å². The number of fused-ring (bicyclic) bond motifs is 3. The summed E-state index contributed by atoms with van der Waals surface area (Å²) >= 11 is 0. The van der Waals surface area contributed by atoms with Gasteiger partial charge in [0.2, 0.25) is 0 Å². The summed E-state index contributed by atoms with van der Waals surface area (Å²) in [5.74, 6) is 1.38. The summed E-state index contributed by atoms with van der Waals surface area (Å²) in [6, 6.07) is 27.3. The SMILES string of the molecule is CN/C(=C\C(=C/Cc1ccc(-c2ccc3c(c2)C(C)(C)C[C@@H]2CCC=CC32)cc1)c1ccccc1)C1=CCC=CCC1. The second kappa shape index (κ2) is 12.6. The van der Waals surface area contributed by atoms with Crippen LogP contribution in [0.15, 0.2) is 127 Å². The second-order valence-corrected chi connectivity index (χ2v) is 12.9. The molecule has 3 aliphatic carbocycles. The van der Waals surface area contributed by atoms with Crippen LogP contribution in [0.5, 0.6) is 0 Å². The zero-order valence-corrected chi connectivity index (χ0v) is 25.6. The molecule has 0 heterocycles. The molecule has 1 N–H and O–H groups in total. The third-order valence-corrected chi connectivity index (χ3v) is 9.58. The predicted octanol–water partition coefficient (Wildman–Crippen LogP) is 10.5. The van der Waals surface area contributed by atoms with E-state index < -0.39 is 0 Å². The fourth-order valence-electron chi connectivity index (χ4n) is 7.30. The Morgan fingerprint density at radius 3 is 2.52 bits per heavy atom. The standard InChI is InChI=1S/C41H45N/c1-41(2)29-36-17-11-12-18-37(36)38-26-25-34(27-39(38)41)32-22-19-30(20-23-32)21-24-35(31-13-9-6-10-14-31)28-40(42-3)33-15-7-4-5-8-16-33/h4-6,9-10,12-15,18-20,22-28,36-37,42H,7-8,11,16-17,21,29H2,1-3H3/b35-24+,40-28-/t36-,37?/m0/s1. The molecule has 3 aromatic carbocycles. The van der Waals surface area contributed by atoms with Crippen molar-refractivity contribution >= 4 is 5.57 Å². The lowest BCUT2D eigenvalue weighted by molar-refractivity contribution is 0.284. The van der Waals surface area contributed by atoms with Gasteiger partial charge in [-0.15, -0.1) is 0 Å². The molecule has 0 fully saturated rings. The number of nitrogens with one attached hydrogen (secondary N) is 1. The highest BCUT2D eigenvalue weighted by molar-refractivity contribution is 5.76. The molecule has 42 heavy (non-hydrogen) atoms. The summed E-state index contributed by atoms with van der Waals surface area (Å²) in [4.78, 5) is 0. The molecule has 3 aliphatic rings. The van der Waals surface area contributed by atoms with Crippen molar-refractivity contribution in [3.05, 3.63) is 149 Å². The van der Waals surface area contributed by atoms with Gasteiger partial charge in [-0.05, 0) is 107 Å². The monoisotopic (exact) mass is 551 g/mol. The lowest BCUT2D eigenvalue weighted by atomic mass is 9.61. The zero-order valence-electron chi connectivity index (χ0n) is 25.6. The first-order chi connectivity index (χ1) is 20.5. The molecule has 0 bridgehead atoms. The van der Waals surface area contributed by atoms with Gasteiger partial charge in [0, 0.05) is 18.7 Å². The summed E-state index contributed by atoms with van der Waals surface area (Å²) in [6.07, 6.45) is 24.4. The molecule has 0 aliphatic heterocycles. The lowest BCUT2D eigenvalue weighted by Crippen LogP contribution is -2.33. The topological polar surface area (TPSA) is 12.0 Å². The highest BCUT2D eigenvalue weighted by Gasteiger charge is 2.38. The molecular formula is C41H45N. The summed E-state index contributed by atoms with van der Waals surface area (Å²) < 4.78 is 0. The third kappa shape index (κ3) is 6.16. The van der Waals surface area contributed by atoms with Crippen LogP contribution in [-0.4, -0.2) is 7.05 Å². The van der Waals surface area contributed by atoms with Crippen molar-refractivity contribution in [2.45, 2.75) is 70.1 Å². The van der Waals surface area contributed by atoms with Crippen LogP contribution in [0, 0.1) is 5.92 Å². The van der Waals surface area contributed by atoms with Crippen LogP contribution in [0.1, 0.15) is 80.5 Å². The molecule has 1 nitrogen and oxygen atoms in total. The summed E-state index contributed by atoms with van der Waals surface area (Å²) in [5.41, 5.74) is 12.4. The highest BCUT2D eigenvalue weighted by Crippen LogP contribution is 2.50. The molecule has 1 unspecified atom stereocenters. The van der Waals surface area contributed by atoms with Crippen molar-refractivity contribution in [2.75, 3.05) is 7.05 Å². The molecular weight excluding hydrogens is 506 g/mol. The molecule has 0 radical (unpaired) electrons. The van der Waals surface area contributed by atoms with Crippen LogP contribution < -0.4 is 5.32 Å². The molecule has 3 aromatic rings. The Hall–Kier alpha value is -3.84. The van der Waals surface area contributed by atoms with Crippen LogP contribution in [-0.2, 0) is 11.8 Å². The Bertz CT molecular complexity index is 1540. The van der Waals surface area contributed by atoms with Gasteiger partial charge in [0.15, 0.2) is 0 Å². The van der Waals surface area contributed by atoms with Crippen LogP contribution in [0.25, 0.3) is 16.7 Å². The minimum atomic E-state index is 0.222. The van der Waals surface area contributed by atoms with E-state index in [1.807, 2.05) is 7.05 Å². The molecule has 214 valence electrons. The van der Waals surface area contributed by atoms with Crippen LogP contribution in [0.4, 0.5) is 0 Å². The zero-order chi connectivity index (χ0) is 28.9. The molecule has 1 heteroatoms. The molecule has 0 saturated carbocycles. The van der Waals surface area contributed by atoms with Gasteiger partial charge < -0.3 is 5.32 Å². The number of benzene rings is 3. The fourth-order valence-corrected chi connectivity index (χ4v) is 7.30. The van der Waals surface area contributed by atoms with Gasteiger partial charge in [-0.1, -0.05) is 123 Å². The Labute approximate surface area is 253 Å². The van der Waals surface area contributed by atoms with Crippen LogP contribution in [0.2, 0.25) is 0 Å². The quantitative estimate of drug-likeness (QED) is 0.227. The highest BCUT2D eigenvalue weighted by atomic mass is 14.8. The van der Waals surface area contributed by atoms with Gasteiger partial charge in [-0.2, -0.15) is 0 Å². The summed E-state index contributed by atoms with van der Waals surface area (Å²) in [7, 11) is 2.04. The summed E-state index contributed by atoms with van der Waals surface area (Å²) in [5, 5.41) is 3.49. The van der Waals surface area contributed by atoms with E-state index in [-0.39, 0.29) is 5.41 Å². The number of rotatable bonds is 7. The van der Waals surface area contributed by atoms with Gasteiger partial charge in [-0.25, -0.2) is 0 Å². The number of hydrogen-bond donors (Lipinski definition) is 1. The minimum Gasteiger partial charge on any atom is -0.388 e. The van der Waals surface area contributed by atoms with Crippen molar-refractivity contribution in [1.29, 1.82) is 0 Å². The van der Waals surface area contributed by atoms with Crippen molar-refractivity contribution in [3.8, 4) is 11.1 Å². The Kier molecular flexibility index (Phi) is 8.47. The second-order valence-electron chi connectivity index (χ2n) is 12.9. The Morgan fingerprint density at radius 2 is 1.71 bits per heavy atom. The van der Waals surface area contributed by atoms with Gasteiger partial charge in [0.1, 0.15) is 0 Å². The largest absolute Gasteiger partial charge is 0.388 e. The normalized spacial score (nSPS) is 21.6. The van der Waals surface area contributed by atoms with Crippen molar-refractivity contribution in [2.24, 2.45) is 5.92 Å². The van der Waals surface area contributed by atoms with Crippen LogP contribution in [0.3, 0.4) is 0 Å². The van der Waals surface area contributed by atoms with Gasteiger partial charge >= 0.3 is 0 Å². The average molecular weight is 552 g/mol. The minimum absolute atomic E-state index is 0.222. The van der Waals surface area contributed by atoms with E-state index >= 15 is 0 Å². The van der Waals surface area contributed by atoms with E-state index in [4.69, 9.17) is 0 Å². The van der Waals surface area contributed by atoms with Gasteiger partial charge in [-0.3, -0.25) is 0 Å². The molecule has 0 saturated heterocycles. The number of hydrogen-bond acceptors (Lipinski definition) is 1. The molecule has 0 amide bonds. The van der Waals surface area contributed by atoms with Gasteiger partial charge in [0.05, 0.1) is 0 Å².